The van der Waals surface area contributed by atoms with E-state index in [1.54, 1.807) is 42.6 Å². The highest BCUT2D eigenvalue weighted by molar-refractivity contribution is 6.32. The maximum atomic E-state index is 12.1. The van der Waals surface area contributed by atoms with Gasteiger partial charge in [-0.2, -0.15) is 0 Å². The molecule has 154 valence electrons. The largest absolute Gasteiger partial charge is 0.484 e. The molecular formula is C23H22ClN3O3. The quantitative estimate of drug-likeness (QED) is 0.593. The first-order valence-corrected chi connectivity index (χ1v) is 9.77. The fraction of sp³-hybridized carbons (Fsp3) is 0.174. The van der Waals surface area contributed by atoms with Crippen LogP contribution in [0.4, 0.5) is 5.69 Å². The molecule has 0 aliphatic carbocycles. The Morgan fingerprint density at radius 3 is 2.40 bits per heavy atom. The lowest BCUT2D eigenvalue weighted by Gasteiger charge is -2.11. The van der Waals surface area contributed by atoms with Crippen molar-refractivity contribution in [2.75, 3.05) is 11.9 Å². The Kier molecular flexibility index (Phi) is 7.03. The summed E-state index contributed by atoms with van der Waals surface area (Å²) in [4.78, 5) is 28.1. The molecule has 1 heterocycles. The molecule has 7 heteroatoms. The van der Waals surface area contributed by atoms with Crippen LogP contribution in [0.15, 0.2) is 60.9 Å². The number of pyridine rings is 1. The van der Waals surface area contributed by atoms with Crippen LogP contribution in [0, 0.1) is 13.8 Å². The molecule has 0 fully saturated rings. The van der Waals surface area contributed by atoms with E-state index in [1.807, 2.05) is 26.0 Å². The van der Waals surface area contributed by atoms with Crippen molar-refractivity contribution in [3.63, 3.8) is 0 Å². The van der Waals surface area contributed by atoms with Crippen LogP contribution in [-0.4, -0.2) is 23.4 Å². The highest BCUT2D eigenvalue weighted by Gasteiger charge is 2.08. The molecule has 30 heavy (non-hydrogen) atoms. The van der Waals surface area contributed by atoms with Crippen LogP contribution < -0.4 is 15.4 Å². The number of nitrogens with one attached hydrogen (secondary N) is 2. The third-order valence-electron chi connectivity index (χ3n) is 4.41. The molecule has 0 saturated carbocycles. The molecule has 0 spiro atoms. The van der Waals surface area contributed by atoms with Crippen molar-refractivity contribution in [1.29, 1.82) is 0 Å². The standard InChI is InChI=1S/C23H22ClN3O3/c1-15-10-20(11-16(2)22(15)24)30-14-21(28)26-12-17-5-7-19(8-6-17)27-23(29)18-4-3-9-25-13-18/h3-11,13H,12,14H2,1-2H3,(H,26,28)(H,27,29). The third kappa shape index (κ3) is 5.81. The number of aryl methyl sites for hydroxylation is 2. The van der Waals surface area contributed by atoms with Crippen LogP contribution in [0.3, 0.4) is 0 Å². The summed E-state index contributed by atoms with van der Waals surface area (Å²) >= 11 is 6.14. The maximum Gasteiger partial charge on any atom is 0.258 e. The molecular weight excluding hydrogens is 402 g/mol. The van der Waals surface area contributed by atoms with Crippen molar-refractivity contribution in [2.24, 2.45) is 0 Å². The number of carbonyl (C=O) groups is 2. The molecule has 6 nitrogen and oxygen atoms in total. The minimum Gasteiger partial charge on any atom is -0.484 e. The lowest BCUT2D eigenvalue weighted by molar-refractivity contribution is -0.123. The number of hydrogen-bond donors (Lipinski definition) is 2. The molecule has 1 aromatic heterocycles. The molecule has 2 amide bonds. The van der Waals surface area contributed by atoms with Gasteiger partial charge in [0.1, 0.15) is 5.75 Å². The monoisotopic (exact) mass is 423 g/mol. The van der Waals surface area contributed by atoms with E-state index in [0.717, 1.165) is 16.7 Å². The van der Waals surface area contributed by atoms with Gasteiger partial charge in [0, 0.05) is 29.6 Å². The van der Waals surface area contributed by atoms with Crippen molar-refractivity contribution >= 4 is 29.1 Å². The number of rotatable bonds is 7. The van der Waals surface area contributed by atoms with Gasteiger partial charge < -0.3 is 15.4 Å². The first-order chi connectivity index (χ1) is 14.4. The fourth-order valence-corrected chi connectivity index (χ4v) is 2.91. The smallest absolute Gasteiger partial charge is 0.258 e. The van der Waals surface area contributed by atoms with Crippen molar-refractivity contribution in [3.8, 4) is 5.75 Å². The summed E-state index contributed by atoms with van der Waals surface area (Å²) in [6, 6.07) is 14.3. The van der Waals surface area contributed by atoms with Gasteiger partial charge in [0.25, 0.3) is 11.8 Å². The lowest BCUT2D eigenvalue weighted by Crippen LogP contribution is -2.28. The van der Waals surface area contributed by atoms with Gasteiger partial charge in [0.15, 0.2) is 6.61 Å². The second-order valence-electron chi connectivity index (χ2n) is 6.83. The van der Waals surface area contributed by atoms with E-state index in [9.17, 15) is 9.59 Å². The number of halogens is 1. The van der Waals surface area contributed by atoms with Crippen molar-refractivity contribution < 1.29 is 14.3 Å². The zero-order valence-corrected chi connectivity index (χ0v) is 17.5. The first kappa shape index (κ1) is 21.3. The molecule has 0 aliphatic rings. The maximum absolute atomic E-state index is 12.1. The summed E-state index contributed by atoms with van der Waals surface area (Å²) in [6.45, 7) is 4.06. The number of ether oxygens (including phenoxy) is 1. The highest BCUT2D eigenvalue weighted by atomic mass is 35.5. The summed E-state index contributed by atoms with van der Waals surface area (Å²) in [7, 11) is 0. The van der Waals surface area contributed by atoms with E-state index >= 15 is 0 Å². The van der Waals surface area contributed by atoms with Gasteiger partial charge in [-0.25, -0.2) is 0 Å². The van der Waals surface area contributed by atoms with E-state index in [4.69, 9.17) is 16.3 Å². The van der Waals surface area contributed by atoms with E-state index < -0.39 is 0 Å². The second-order valence-corrected chi connectivity index (χ2v) is 7.21. The first-order valence-electron chi connectivity index (χ1n) is 9.39. The third-order valence-corrected chi connectivity index (χ3v) is 5.00. The topological polar surface area (TPSA) is 80.3 Å². The molecule has 2 N–H and O–H groups in total. The molecule has 0 aliphatic heterocycles. The summed E-state index contributed by atoms with van der Waals surface area (Å²) < 4.78 is 5.55. The molecule has 2 aromatic carbocycles. The van der Waals surface area contributed by atoms with Gasteiger partial charge >= 0.3 is 0 Å². The summed E-state index contributed by atoms with van der Waals surface area (Å²) in [6.07, 6.45) is 3.12. The zero-order valence-electron chi connectivity index (χ0n) is 16.7. The van der Waals surface area contributed by atoms with E-state index in [2.05, 4.69) is 15.6 Å². The average molecular weight is 424 g/mol. The number of nitrogens with zero attached hydrogens (tertiary/aromatic N) is 1. The van der Waals surface area contributed by atoms with Crippen LogP contribution in [-0.2, 0) is 11.3 Å². The summed E-state index contributed by atoms with van der Waals surface area (Å²) in [5.74, 6) is 0.154. The minimum atomic E-state index is -0.228. The number of hydrogen-bond acceptors (Lipinski definition) is 4. The van der Waals surface area contributed by atoms with Crippen LogP contribution in [0.25, 0.3) is 0 Å². The van der Waals surface area contributed by atoms with Gasteiger partial charge in [-0.3, -0.25) is 14.6 Å². The highest BCUT2D eigenvalue weighted by Crippen LogP contribution is 2.25. The van der Waals surface area contributed by atoms with Crippen molar-refractivity contribution in [2.45, 2.75) is 20.4 Å². The van der Waals surface area contributed by atoms with Crippen molar-refractivity contribution in [3.05, 3.63) is 88.2 Å². The normalized spacial score (nSPS) is 10.4. The Hall–Kier alpha value is -3.38. The molecule has 0 saturated heterocycles. The predicted molar refractivity (Wildman–Crippen MR) is 117 cm³/mol. The minimum absolute atomic E-state index is 0.0836. The van der Waals surface area contributed by atoms with E-state index in [1.165, 1.54) is 6.20 Å². The number of aromatic nitrogens is 1. The van der Waals surface area contributed by atoms with Gasteiger partial charge in [0.05, 0.1) is 5.56 Å². The molecule has 0 atom stereocenters. The van der Waals surface area contributed by atoms with Crippen LogP contribution in [0.2, 0.25) is 5.02 Å². The second kappa shape index (κ2) is 9.89. The van der Waals surface area contributed by atoms with Crippen LogP contribution >= 0.6 is 11.6 Å². The van der Waals surface area contributed by atoms with Gasteiger partial charge in [-0.15, -0.1) is 0 Å². The lowest BCUT2D eigenvalue weighted by atomic mass is 10.1. The van der Waals surface area contributed by atoms with E-state index in [-0.39, 0.29) is 18.4 Å². The van der Waals surface area contributed by atoms with Gasteiger partial charge in [-0.1, -0.05) is 23.7 Å². The molecule has 0 radical (unpaired) electrons. The predicted octanol–water partition coefficient (Wildman–Crippen LogP) is 4.30. The molecule has 0 bridgehead atoms. The Labute approximate surface area is 180 Å². The Morgan fingerprint density at radius 2 is 1.77 bits per heavy atom. The summed E-state index contributed by atoms with van der Waals surface area (Å²) in [5, 5.41) is 6.32. The fourth-order valence-electron chi connectivity index (χ4n) is 2.80. The average Bonchev–Trinajstić information content (AvgIpc) is 2.76. The SMILES string of the molecule is Cc1cc(OCC(=O)NCc2ccc(NC(=O)c3cccnc3)cc2)cc(C)c1Cl. The number of carbonyl (C=O) groups excluding carboxylic acids is 2. The van der Waals surface area contributed by atoms with Gasteiger partial charge in [-0.05, 0) is 66.9 Å². The van der Waals surface area contributed by atoms with Crippen LogP contribution in [0.5, 0.6) is 5.75 Å². The summed E-state index contributed by atoms with van der Waals surface area (Å²) in [5.41, 5.74) is 3.86. The van der Waals surface area contributed by atoms with Crippen molar-refractivity contribution in [1.82, 2.24) is 10.3 Å². The van der Waals surface area contributed by atoms with Crippen LogP contribution in [0.1, 0.15) is 27.0 Å². The number of benzene rings is 2. The Balaban J connectivity index is 1.46. The molecule has 3 rings (SSSR count). The number of anilines is 1. The Morgan fingerprint density at radius 1 is 1.07 bits per heavy atom. The molecule has 3 aromatic rings. The Bertz CT molecular complexity index is 1010. The zero-order chi connectivity index (χ0) is 21.5. The number of amides is 2. The van der Waals surface area contributed by atoms with E-state index in [0.29, 0.717) is 28.6 Å². The molecule has 0 unspecified atom stereocenters. The van der Waals surface area contributed by atoms with Gasteiger partial charge in [0.2, 0.25) is 0 Å².